The van der Waals surface area contributed by atoms with Crippen molar-refractivity contribution in [2.24, 2.45) is 0 Å². The minimum absolute atomic E-state index is 0.395. The van der Waals surface area contributed by atoms with E-state index in [9.17, 15) is 13.2 Å². The Bertz CT molecular complexity index is 115. The van der Waals surface area contributed by atoms with E-state index in [1.165, 1.54) is 14.2 Å². The van der Waals surface area contributed by atoms with Gasteiger partial charge in [-0.25, -0.2) is 0 Å². The van der Waals surface area contributed by atoms with Gasteiger partial charge in [-0.15, -0.1) is 0 Å². The molecule has 0 bridgehead atoms. The Hall–Kier alpha value is -0.330. The average Bonchev–Trinajstić information content (AvgIpc) is 1.95. The van der Waals surface area contributed by atoms with Crippen LogP contribution in [-0.2, 0) is 14.2 Å². The Morgan fingerprint density at radius 3 is 2.08 bits per heavy atom. The molecule has 0 heterocycles. The molecule has 0 spiro atoms. The molecule has 0 N–H and O–H groups in total. The van der Waals surface area contributed by atoms with Crippen molar-refractivity contribution in [3.63, 3.8) is 0 Å². The maximum Gasteiger partial charge on any atom is 0.417 e. The van der Waals surface area contributed by atoms with Crippen molar-refractivity contribution in [3.05, 3.63) is 0 Å². The van der Waals surface area contributed by atoms with E-state index < -0.39 is 25.7 Å². The molecule has 0 aromatic heterocycles. The van der Waals surface area contributed by atoms with E-state index in [2.05, 4.69) is 14.2 Å². The molecule has 0 aliphatic heterocycles. The minimum Gasteiger partial charge on any atom is -0.382 e. The fraction of sp³-hybridized carbons (Fsp3) is 1.00. The monoisotopic (exact) mass is 188 g/mol. The molecule has 0 aromatic rings. The topological polar surface area (TPSA) is 27.7 Å². The molecule has 0 fully saturated rings. The molecule has 3 nitrogen and oxygen atoms in total. The van der Waals surface area contributed by atoms with Crippen LogP contribution in [0.4, 0.5) is 13.2 Å². The first-order valence-corrected chi connectivity index (χ1v) is 3.18. The van der Waals surface area contributed by atoms with E-state index in [0.717, 1.165) is 0 Å². The van der Waals surface area contributed by atoms with Gasteiger partial charge in [0.2, 0.25) is 0 Å². The second kappa shape index (κ2) is 5.34. The van der Waals surface area contributed by atoms with Gasteiger partial charge >= 0.3 is 6.18 Å². The van der Waals surface area contributed by atoms with Gasteiger partial charge in [-0.3, -0.25) is 0 Å². The summed E-state index contributed by atoms with van der Waals surface area (Å²) in [7, 11) is 2.43. The SMILES string of the molecule is COCO[C@H](COC)C(F)(F)F. The number of rotatable bonds is 5. The molecular formula is C6H11F3O3. The van der Waals surface area contributed by atoms with Gasteiger partial charge in [-0.1, -0.05) is 0 Å². The predicted molar refractivity (Wildman–Crippen MR) is 34.7 cm³/mol. The lowest BCUT2D eigenvalue weighted by Gasteiger charge is -2.19. The van der Waals surface area contributed by atoms with Crippen LogP contribution in [0.1, 0.15) is 0 Å². The third-order valence-electron chi connectivity index (χ3n) is 1.07. The molecular weight excluding hydrogens is 177 g/mol. The Morgan fingerprint density at radius 1 is 1.17 bits per heavy atom. The molecule has 1 atom stereocenters. The Balaban J connectivity index is 3.86. The number of hydrogen-bond donors (Lipinski definition) is 0. The summed E-state index contributed by atoms with van der Waals surface area (Å²) in [5, 5.41) is 0. The number of hydrogen-bond acceptors (Lipinski definition) is 3. The number of ether oxygens (including phenoxy) is 3. The van der Waals surface area contributed by atoms with Crippen LogP contribution in [0, 0.1) is 0 Å². The smallest absolute Gasteiger partial charge is 0.382 e. The standard InChI is InChI=1S/C6H11F3O3/c1-10-3-5(6(7,8)9)12-4-11-2/h5H,3-4H2,1-2H3/t5-/m1/s1. The van der Waals surface area contributed by atoms with Gasteiger partial charge in [-0.2, -0.15) is 13.2 Å². The summed E-state index contributed by atoms with van der Waals surface area (Å²) < 4.78 is 48.9. The highest BCUT2D eigenvalue weighted by atomic mass is 19.4. The van der Waals surface area contributed by atoms with Crippen LogP contribution in [0.5, 0.6) is 0 Å². The van der Waals surface area contributed by atoms with Crippen LogP contribution < -0.4 is 0 Å². The fourth-order valence-corrected chi connectivity index (χ4v) is 0.539. The van der Waals surface area contributed by atoms with Crippen LogP contribution in [0.15, 0.2) is 0 Å². The molecule has 0 aliphatic carbocycles. The van der Waals surface area contributed by atoms with Gasteiger partial charge < -0.3 is 14.2 Å². The molecule has 0 rings (SSSR count). The molecule has 12 heavy (non-hydrogen) atoms. The maximum absolute atomic E-state index is 12.0. The second-order valence-electron chi connectivity index (χ2n) is 2.06. The molecule has 0 aliphatic rings. The lowest BCUT2D eigenvalue weighted by Crippen LogP contribution is -2.36. The van der Waals surface area contributed by atoms with Crippen molar-refractivity contribution in [3.8, 4) is 0 Å². The zero-order chi connectivity index (χ0) is 9.61. The van der Waals surface area contributed by atoms with E-state index in [1.807, 2.05) is 0 Å². The highest BCUT2D eigenvalue weighted by Gasteiger charge is 2.40. The number of alkyl halides is 3. The van der Waals surface area contributed by atoms with Gasteiger partial charge in [0.15, 0.2) is 6.10 Å². The summed E-state index contributed by atoms with van der Waals surface area (Å²) in [6.45, 7) is -0.916. The maximum atomic E-state index is 12.0. The summed E-state index contributed by atoms with van der Waals surface area (Å²) >= 11 is 0. The van der Waals surface area contributed by atoms with Crippen molar-refractivity contribution < 1.29 is 27.4 Å². The van der Waals surface area contributed by atoms with E-state index in [0.29, 0.717) is 0 Å². The van der Waals surface area contributed by atoms with Crippen molar-refractivity contribution >= 4 is 0 Å². The first-order chi connectivity index (χ1) is 5.52. The molecule has 74 valence electrons. The number of halogens is 3. The molecule has 0 amide bonds. The van der Waals surface area contributed by atoms with Crippen molar-refractivity contribution in [2.75, 3.05) is 27.6 Å². The lowest BCUT2D eigenvalue weighted by atomic mass is 10.4. The molecule has 0 saturated carbocycles. The molecule has 0 radical (unpaired) electrons. The van der Waals surface area contributed by atoms with Crippen LogP contribution in [0.25, 0.3) is 0 Å². The van der Waals surface area contributed by atoms with Gasteiger partial charge in [0.25, 0.3) is 0 Å². The Morgan fingerprint density at radius 2 is 1.75 bits per heavy atom. The Kier molecular flexibility index (Phi) is 5.19. The van der Waals surface area contributed by atoms with Gasteiger partial charge in [0.05, 0.1) is 6.61 Å². The molecule has 0 aromatic carbocycles. The van der Waals surface area contributed by atoms with Crippen LogP contribution >= 0.6 is 0 Å². The predicted octanol–water partition coefficient (Wildman–Crippen LogP) is 1.18. The normalized spacial score (nSPS) is 14.8. The van der Waals surface area contributed by atoms with Gasteiger partial charge in [-0.05, 0) is 0 Å². The van der Waals surface area contributed by atoms with Crippen molar-refractivity contribution in [1.82, 2.24) is 0 Å². The second-order valence-corrected chi connectivity index (χ2v) is 2.06. The highest BCUT2D eigenvalue weighted by Crippen LogP contribution is 2.22. The first kappa shape index (κ1) is 11.7. The first-order valence-electron chi connectivity index (χ1n) is 3.18. The Labute approximate surface area is 68.4 Å². The number of methoxy groups -OCH3 is 2. The van der Waals surface area contributed by atoms with Crippen LogP contribution in [0.2, 0.25) is 0 Å². The molecule has 0 unspecified atom stereocenters. The fourth-order valence-electron chi connectivity index (χ4n) is 0.539. The third-order valence-corrected chi connectivity index (χ3v) is 1.07. The summed E-state index contributed by atoms with van der Waals surface area (Å²) in [4.78, 5) is 0. The largest absolute Gasteiger partial charge is 0.417 e. The summed E-state index contributed by atoms with van der Waals surface area (Å²) in [6, 6.07) is 0. The van der Waals surface area contributed by atoms with Crippen LogP contribution in [0.3, 0.4) is 0 Å². The zero-order valence-corrected chi connectivity index (χ0v) is 6.85. The quantitative estimate of drug-likeness (QED) is 0.606. The van der Waals surface area contributed by atoms with Crippen molar-refractivity contribution in [2.45, 2.75) is 12.3 Å². The van der Waals surface area contributed by atoms with Gasteiger partial charge in [0.1, 0.15) is 6.79 Å². The van der Waals surface area contributed by atoms with E-state index in [4.69, 9.17) is 0 Å². The van der Waals surface area contributed by atoms with E-state index in [1.54, 1.807) is 0 Å². The minimum atomic E-state index is -4.41. The zero-order valence-electron chi connectivity index (χ0n) is 6.85. The molecule has 6 heteroatoms. The van der Waals surface area contributed by atoms with Crippen molar-refractivity contribution in [1.29, 1.82) is 0 Å². The summed E-state index contributed by atoms with van der Waals surface area (Å²) in [5.74, 6) is 0. The average molecular weight is 188 g/mol. The highest BCUT2D eigenvalue weighted by molar-refractivity contribution is 4.65. The third kappa shape index (κ3) is 4.53. The summed E-state index contributed by atoms with van der Waals surface area (Å²) in [5.41, 5.74) is 0. The summed E-state index contributed by atoms with van der Waals surface area (Å²) in [6.07, 6.45) is -6.32. The van der Waals surface area contributed by atoms with E-state index >= 15 is 0 Å². The van der Waals surface area contributed by atoms with E-state index in [-0.39, 0.29) is 0 Å². The van der Waals surface area contributed by atoms with Gasteiger partial charge in [0, 0.05) is 14.2 Å². The molecule has 0 saturated heterocycles. The van der Waals surface area contributed by atoms with Crippen LogP contribution in [-0.4, -0.2) is 39.9 Å². The lowest BCUT2D eigenvalue weighted by molar-refractivity contribution is -0.250.